The molecule has 0 aliphatic rings. The van der Waals surface area contributed by atoms with Gasteiger partial charge in [0, 0.05) is 0 Å². The molecular formula is C16H31NO4. The molecule has 0 unspecified atom stereocenters. The van der Waals surface area contributed by atoms with E-state index in [0.29, 0.717) is 13.2 Å². The van der Waals surface area contributed by atoms with Crippen LogP contribution in [-0.4, -0.2) is 31.3 Å². The molecule has 5 heteroatoms. The first-order valence-corrected chi connectivity index (χ1v) is 8.12. The molecule has 0 aliphatic heterocycles. The number of hydrogen-bond donors (Lipinski definition) is 1. The molecule has 0 bridgehead atoms. The zero-order chi connectivity index (χ0) is 16.1. The molecule has 0 saturated heterocycles. The van der Waals surface area contributed by atoms with Gasteiger partial charge in [-0.25, -0.2) is 9.59 Å². The topological polar surface area (TPSA) is 64.6 Å². The van der Waals surface area contributed by atoms with E-state index in [1.807, 2.05) is 20.8 Å². The van der Waals surface area contributed by atoms with Crippen LogP contribution in [0.15, 0.2) is 0 Å². The van der Waals surface area contributed by atoms with E-state index in [-0.39, 0.29) is 11.9 Å². The lowest BCUT2D eigenvalue weighted by Gasteiger charge is -2.20. The van der Waals surface area contributed by atoms with Crippen LogP contribution < -0.4 is 5.32 Å². The van der Waals surface area contributed by atoms with Crippen molar-refractivity contribution in [1.82, 2.24) is 5.32 Å². The molecule has 124 valence electrons. The van der Waals surface area contributed by atoms with Gasteiger partial charge in [-0.15, -0.1) is 0 Å². The first kappa shape index (κ1) is 19.7. The lowest BCUT2D eigenvalue weighted by atomic mass is 10.1. The summed E-state index contributed by atoms with van der Waals surface area (Å²) in [5, 5.41) is 2.58. The van der Waals surface area contributed by atoms with Crippen LogP contribution in [0.5, 0.6) is 0 Å². The van der Waals surface area contributed by atoms with Crippen molar-refractivity contribution in [2.45, 2.75) is 72.3 Å². The maximum atomic E-state index is 12.0. The van der Waals surface area contributed by atoms with Crippen molar-refractivity contribution in [2.75, 3.05) is 13.2 Å². The second-order valence-corrected chi connectivity index (χ2v) is 5.58. The molecule has 0 rings (SSSR count). The van der Waals surface area contributed by atoms with E-state index in [1.54, 1.807) is 0 Å². The summed E-state index contributed by atoms with van der Waals surface area (Å²) in [7, 11) is 0. The van der Waals surface area contributed by atoms with Gasteiger partial charge in [0.2, 0.25) is 0 Å². The second-order valence-electron chi connectivity index (χ2n) is 5.58. The van der Waals surface area contributed by atoms with E-state index in [0.717, 1.165) is 19.3 Å². The molecule has 21 heavy (non-hydrogen) atoms. The van der Waals surface area contributed by atoms with Gasteiger partial charge in [-0.1, -0.05) is 53.4 Å². The molecule has 1 amide bonds. The lowest BCUT2D eigenvalue weighted by Crippen LogP contribution is -2.45. The smallest absolute Gasteiger partial charge is 0.407 e. The Morgan fingerprint density at radius 2 is 1.57 bits per heavy atom. The Labute approximate surface area is 128 Å². The fourth-order valence-corrected chi connectivity index (χ4v) is 1.83. The monoisotopic (exact) mass is 301 g/mol. The number of alkyl carbamates (subject to hydrolysis) is 1. The van der Waals surface area contributed by atoms with E-state index in [2.05, 4.69) is 12.2 Å². The van der Waals surface area contributed by atoms with Crippen molar-refractivity contribution < 1.29 is 19.1 Å². The van der Waals surface area contributed by atoms with Crippen LogP contribution >= 0.6 is 0 Å². The number of ether oxygens (including phenoxy) is 2. The van der Waals surface area contributed by atoms with Crippen LogP contribution in [-0.2, 0) is 14.3 Å². The van der Waals surface area contributed by atoms with Crippen LogP contribution in [0.2, 0.25) is 0 Å². The number of nitrogens with one attached hydrogen (secondary N) is 1. The first-order valence-electron chi connectivity index (χ1n) is 8.12. The summed E-state index contributed by atoms with van der Waals surface area (Å²) in [5.41, 5.74) is 0. The number of esters is 1. The Kier molecular flexibility index (Phi) is 11.7. The summed E-state index contributed by atoms with van der Waals surface area (Å²) in [6.07, 6.45) is 5.71. The molecule has 0 aromatic rings. The minimum atomic E-state index is -0.648. The van der Waals surface area contributed by atoms with Gasteiger partial charge in [-0.3, -0.25) is 0 Å². The molecule has 0 saturated carbocycles. The van der Waals surface area contributed by atoms with E-state index in [1.165, 1.54) is 19.3 Å². The number of carbonyl (C=O) groups is 2. The second kappa shape index (κ2) is 12.5. The predicted molar refractivity (Wildman–Crippen MR) is 83.1 cm³/mol. The third kappa shape index (κ3) is 10.2. The zero-order valence-electron chi connectivity index (χ0n) is 13.9. The molecule has 0 radical (unpaired) electrons. The van der Waals surface area contributed by atoms with Crippen molar-refractivity contribution >= 4 is 12.1 Å². The Bertz CT molecular complexity index is 292. The van der Waals surface area contributed by atoms with Gasteiger partial charge in [0.15, 0.2) is 0 Å². The quantitative estimate of drug-likeness (QED) is 0.467. The maximum absolute atomic E-state index is 12.0. The third-order valence-corrected chi connectivity index (χ3v) is 3.12. The average Bonchev–Trinajstić information content (AvgIpc) is 2.45. The Morgan fingerprint density at radius 1 is 0.905 bits per heavy atom. The van der Waals surface area contributed by atoms with Crippen molar-refractivity contribution in [1.29, 1.82) is 0 Å². The molecule has 5 nitrogen and oxygen atoms in total. The van der Waals surface area contributed by atoms with E-state index >= 15 is 0 Å². The highest BCUT2D eigenvalue weighted by molar-refractivity contribution is 5.81. The van der Waals surface area contributed by atoms with E-state index in [4.69, 9.17) is 9.47 Å². The van der Waals surface area contributed by atoms with Crippen molar-refractivity contribution in [2.24, 2.45) is 5.92 Å². The minimum absolute atomic E-state index is 0.0354. The van der Waals surface area contributed by atoms with E-state index < -0.39 is 12.1 Å². The van der Waals surface area contributed by atoms with Gasteiger partial charge in [-0.2, -0.15) is 0 Å². The highest BCUT2D eigenvalue weighted by Crippen LogP contribution is 2.07. The number of hydrogen-bond acceptors (Lipinski definition) is 4. The summed E-state index contributed by atoms with van der Waals surface area (Å²) >= 11 is 0. The summed E-state index contributed by atoms with van der Waals surface area (Å²) < 4.78 is 10.2. The summed E-state index contributed by atoms with van der Waals surface area (Å²) in [6.45, 7) is 8.58. The van der Waals surface area contributed by atoms with Crippen LogP contribution in [0.4, 0.5) is 4.79 Å². The molecule has 1 atom stereocenters. The molecule has 1 N–H and O–H groups in total. The number of carbonyl (C=O) groups excluding carboxylic acids is 2. The fraction of sp³-hybridized carbons (Fsp3) is 0.875. The highest BCUT2D eigenvalue weighted by atomic mass is 16.6. The largest absolute Gasteiger partial charge is 0.464 e. The predicted octanol–water partition coefficient (Wildman–Crippen LogP) is 3.66. The molecule has 0 spiro atoms. The van der Waals surface area contributed by atoms with Crippen LogP contribution in [0.1, 0.15) is 66.2 Å². The zero-order valence-corrected chi connectivity index (χ0v) is 13.9. The van der Waals surface area contributed by atoms with Crippen molar-refractivity contribution in [3.63, 3.8) is 0 Å². The van der Waals surface area contributed by atoms with Crippen LogP contribution in [0.25, 0.3) is 0 Å². The lowest BCUT2D eigenvalue weighted by molar-refractivity contribution is -0.147. The van der Waals surface area contributed by atoms with Gasteiger partial charge in [0.1, 0.15) is 6.04 Å². The summed E-state index contributed by atoms with van der Waals surface area (Å²) in [4.78, 5) is 23.5. The highest BCUT2D eigenvalue weighted by Gasteiger charge is 2.26. The maximum Gasteiger partial charge on any atom is 0.407 e. The Balaban J connectivity index is 4.03. The number of rotatable bonds is 11. The normalized spacial score (nSPS) is 12.0. The van der Waals surface area contributed by atoms with Gasteiger partial charge in [-0.05, 0) is 18.8 Å². The number of amides is 1. The van der Waals surface area contributed by atoms with Crippen molar-refractivity contribution in [3.8, 4) is 0 Å². The molecule has 0 heterocycles. The Hall–Kier alpha value is -1.26. The van der Waals surface area contributed by atoms with Gasteiger partial charge >= 0.3 is 12.1 Å². The van der Waals surface area contributed by atoms with Gasteiger partial charge in [0.25, 0.3) is 0 Å². The Morgan fingerprint density at radius 3 is 2.14 bits per heavy atom. The third-order valence-electron chi connectivity index (χ3n) is 3.12. The van der Waals surface area contributed by atoms with Gasteiger partial charge < -0.3 is 14.8 Å². The minimum Gasteiger partial charge on any atom is -0.464 e. The van der Waals surface area contributed by atoms with Crippen LogP contribution in [0.3, 0.4) is 0 Å². The van der Waals surface area contributed by atoms with E-state index in [9.17, 15) is 9.59 Å². The van der Waals surface area contributed by atoms with Crippen molar-refractivity contribution in [3.05, 3.63) is 0 Å². The van der Waals surface area contributed by atoms with Gasteiger partial charge in [0.05, 0.1) is 13.2 Å². The average molecular weight is 301 g/mol. The first-order chi connectivity index (χ1) is 10.0. The SMILES string of the molecule is CCCCCCCOC(=O)[C@@H](NC(=O)OCCC)C(C)C. The van der Waals surface area contributed by atoms with Crippen LogP contribution in [0, 0.1) is 5.92 Å². The molecule has 0 aromatic carbocycles. The summed E-state index contributed by atoms with van der Waals surface area (Å²) in [6, 6.07) is -0.648. The molecule has 0 aliphatic carbocycles. The summed E-state index contributed by atoms with van der Waals surface area (Å²) in [5.74, 6) is -0.416. The number of unbranched alkanes of at least 4 members (excludes halogenated alkanes) is 4. The molecular weight excluding hydrogens is 270 g/mol. The molecule has 0 aromatic heterocycles. The fourth-order valence-electron chi connectivity index (χ4n) is 1.83. The molecule has 0 fully saturated rings. The standard InChI is InChI=1S/C16H31NO4/c1-5-7-8-9-10-12-20-15(18)14(13(3)4)17-16(19)21-11-6-2/h13-14H,5-12H2,1-4H3,(H,17,19)/t14-/m0/s1.